The number of benzene rings is 2. The van der Waals surface area contributed by atoms with E-state index in [0.29, 0.717) is 36.4 Å². The lowest BCUT2D eigenvalue weighted by molar-refractivity contribution is -0.157. The first-order valence-electron chi connectivity index (χ1n) is 9.94. The molecule has 2 heterocycles. The van der Waals surface area contributed by atoms with Crippen LogP contribution in [0.3, 0.4) is 0 Å². The zero-order chi connectivity index (χ0) is 21.3. The van der Waals surface area contributed by atoms with Gasteiger partial charge in [0, 0.05) is 37.8 Å². The maximum absolute atomic E-state index is 14.2. The van der Waals surface area contributed by atoms with E-state index in [9.17, 15) is 18.0 Å². The van der Waals surface area contributed by atoms with E-state index in [1.165, 1.54) is 6.07 Å². The second kappa shape index (κ2) is 8.37. The molecule has 1 saturated heterocycles. The molecule has 1 unspecified atom stereocenters. The molecular formula is C22H24F3N3O2. The van der Waals surface area contributed by atoms with Crippen LogP contribution in [0.1, 0.15) is 44.6 Å². The van der Waals surface area contributed by atoms with Gasteiger partial charge in [-0.1, -0.05) is 30.3 Å². The summed E-state index contributed by atoms with van der Waals surface area (Å²) in [5.41, 5.74) is 7.92. The van der Waals surface area contributed by atoms with Crippen LogP contribution in [0.5, 0.6) is 0 Å². The third-order valence-electron chi connectivity index (χ3n) is 5.78. The van der Waals surface area contributed by atoms with Crippen molar-refractivity contribution in [3.05, 3.63) is 70.3 Å². The lowest BCUT2D eigenvalue weighted by atomic mass is 9.85. The van der Waals surface area contributed by atoms with Crippen molar-refractivity contribution in [1.29, 1.82) is 0 Å². The quantitative estimate of drug-likeness (QED) is 0.782. The number of hydrogen-bond acceptors (Lipinski definition) is 4. The van der Waals surface area contributed by atoms with Gasteiger partial charge in [-0.3, -0.25) is 9.69 Å². The number of morpholine rings is 1. The summed E-state index contributed by atoms with van der Waals surface area (Å²) in [7, 11) is 0. The molecule has 2 aliphatic heterocycles. The molecule has 8 heteroatoms. The maximum Gasteiger partial charge on any atom is 0.397 e. The van der Waals surface area contributed by atoms with Crippen molar-refractivity contribution in [2.24, 2.45) is 5.73 Å². The van der Waals surface area contributed by atoms with Gasteiger partial charge in [0.05, 0.1) is 19.1 Å². The first-order chi connectivity index (χ1) is 14.3. The van der Waals surface area contributed by atoms with E-state index in [1.807, 2.05) is 6.07 Å². The van der Waals surface area contributed by atoms with Crippen LogP contribution in [0.15, 0.2) is 42.5 Å². The van der Waals surface area contributed by atoms with E-state index in [-0.39, 0.29) is 12.1 Å². The molecule has 0 radical (unpaired) electrons. The molecule has 0 spiro atoms. The second-order valence-corrected chi connectivity index (χ2v) is 7.79. The Balaban J connectivity index is 1.64. The minimum absolute atomic E-state index is 0.234. The van der Waals surface area contributed by atoms with E-state index >= 15 is 0 Å². The van der Waals surface area contributed by atoms with Crippen molar-refractivity contribution in [2.75, 3.05) is 26.3 Å². The Bertz CT molecular complexity index is 926. The van der Waals surface area contributed by atoms with Crippen molar-refractivity contribution < 1.29 is 22.7 Å². The van der Waals surface area contributed by atoms with Crippen LogP contribution in [-0.4, -0.2) is 43.3 Å². The molecule has 1 amide bonds. The number of rotatable bonds is 5. The van der Waals surface area contributed by atoms with Crippen molar-refractivity contribution in [2.45, 2.75) is 31.2 Å². The molecule has 5 nitrogen and oxygen atoms in total. The Labute approximate surface area is 173 Å². The fourth-order valence-corrected chi connectivity index (χ4v) is 4.32. The second-order valence-electron chi connectivity index (χ2n) is 7.79. The summed E-state index contributed by atoms with van der Waals surface area (Å²) in [6.07, 6.45) is -4.43. The summed E-state index contributed by atoms with van der Waals surface area (Å²) < 4.78 is 48.0. The third kappa shape index (κ3) is 4.35. The number of fused-ring (bicyclic) bond motifs is 1. The predicted molar refractivity (Wildman–Crippen MR) is 106 cm³/mol. The van der Waals surface area contributed by atoms with Gasteiger partial charge in [-0.05, 0) is 34.4 Å². The van der Waals surface area contributed by atoms with E-state index in [1.54, 1.807) is 30.3 Å². The number of hydrogen-bond donors (Lipinski definition) is 2. The van der Waals surface area contributed by atoms with Gasteiger partial charge in [0.15, 0.2) is 0 Å². The zero-order valence-corrected chi connectivity index (χ0v) is 16.4. The van der Waals surface area contributed by atoms with Crippen LogP contribution < -0.4 is 11.1 Å². The molecule has 2 aromatic rings. The molecule has 4 rings (SSSR count). The average Bonchev–Trinajstić information content (AvgIpc) is 3.11. The van der Waals surface area contributed by atoms with Gasteiger partial charge >= 0.3 is 6.18 Å². The first-order valence-corrected chi connectivity index (χ1v) is 9.94. The minimum Gasteiger partial charge on any atom is -0.379 e. The minimum atomic E-state index is -4.43. The Morgan fingerprint density at radius 3 is 2.67 bits per heavy atom. The van der Waals surface area contributed by atoms with Gasteiger partial charge in [-0.25, -0.2) is 0 Å². The number of nitrogens with zero attached hydrogens (tertiary/aromatic N) is 1. The van der Waals surface area contributed by atoms with Crippen LogP contribution in [0, 0.1) is 0 Å². The summed E-state index contributed by atoms with van der Waals surface area (Å²) in [4.78, 5) is 13.6. The summed E-state index contributed by atoms with van der Waals surface area (Å²) in [6, 6.07) is 10.5. The highest BCUT2D eigenvalue weighted by atomic mass is 19.4. The number of halogens is 3. The van der Waals surface area contributed by atoms with E-state index < -0.39 is 24.0 Å². The van der Waals surface area contributed by atoms with Crippen molar-refractivity contribution in [3.63, 3.8) is 0 Å². The average molecular weight is 419 g/mol. The Hall–Kier alpha value is -2.42. The molecule has 0 aliphatic carbocycles. The molecule has 0 bridgehead atoms. The molecule has 2 atom stereocenters. The third-order valence-corrected chi connectivity index (χ3v) is 5.78. The summed E-state index contributed by atoms with van der Waals surface area (Å²) >= 11 is 0. The molecule has 3 N–H and O–H groups in total. The summed E-state index contributed by atoms with van der Waals surface area (Å²) in [5.74, 6) is -2.28. The van der Waals surface area contributed by atoms with Crippen molar-refractivity contribution in [3.8, 4) is 0 Å². The van der Waals surface area contributed by atoms with Crippen LogP contribution in [0.25, 0.3) is 0 Å². The lowest BCUT2D eigenvalue weighted by Gasteiger charge is -2.29. The van der Waals surface area contributed by atoms with Gasteiger partial charge < -0.3 is 15.8 Å². The standard InChI is InChI=1S/C22H24F3N3O2/c23-22(24,25)19(20-18-5-4-16(21(26)29)11-17(18)12-27-20)15-3-1-2-14(10-15)13-28-6-8-30-9-7-28/h1-5,10-11,19-20,27H,6-9,12-13H2,(H2,26,29)/t19-,20?/m1/s1. The zero-order valence-electron chi connectivity index (χ0n) is 16.4. The lowest BCUT2D eigenvalue weighted by Crippen LogP contribution is -2.35. The fourth-order valence-electron chi connectivity index (χ4n) is 4.32. The summed E-state index contributed by atoms with van der Waals surface area (Å²) in [5, 5.41) is 3.00. The number of amides is 1. The number of ether oxygens (including phenoxy) is 1. The molecule has 2 aliphatic rings. The van der Waals surface area contributed by atoms with Crippen molar-refractivity contribution in [1.82, 2.24) is 10.2 Å². The molecule has 2 aromatic carbocycles. The normalized spacial score (nSPS) is 20.7. The van der Waals surface area contributed by atoms with Gasteiger partial charge in [0.25, 0.3) is 0 Å². The van der Waals surface area contributed by atoms with E-state index in [2.05, 4.69) is 10.2 Å². The van der Waals surface area contributed by atoms with E-state index in [4.69, 9.17) is 10.5 Å². The Kier molecular flexibility index (Phi) is 5.81. The maximum atomic E-state index is 14.2. The van der Waals surface area contributed by atoms with Crippen LogP contribution in [0.4, 0.5) is 13.2 Å². The SMILES string of the molecule is NC(=O)c1ccc2c(c1)CNC2[C@@H](c1cccc(CN2CCOCC2)c1)C(F)(F)F. The molecule has 0 saturated carbocycles. The molecule has 30 heavy (non-hydrogen) atoms. The highest BCUT2D eigenvalue weighted by molar-refractivity contribution is 5.93. The smallest absolute Gasteiger partial charge is 0.379 e. The van der Waals surface area contributed by atoms with Gasteiger partial charge in [-0.2, -0.15) is 13.2 Å². The number of primary amides is 1. The largest absolute Gasteiger partial charge is 0.397 e. The fraction of sp³-hybridized carbons (Fsp3) is 0.409. The molecule has 1 fully saturated rings. The number of carbonyl (C=O) groups excluding carboxylic acids is 1. The number of nitrogens with one attached hydrogen (secondary N) is 1. The monoisotopic (exact) mass is 419 g/mol. The van der Waals surface area contributed by atoms with Gasteiger partial charge in [0.2, 0.25) is 5.91 Å². The van der Waals surface area contributed by atoms with Crippen LogP contribution >= 0.6 is 0 Å². The highest BCUT2D eigenvalue weighted by Crippen LogP contribution is 2.46. The van der Waals surface area contributed by atoms with Crippen LogP contribution in [-0.2, 0) is 17.8 Å². The predicted octanol–water partition coefficient (Wildman–Crippen LogP) is 3.11. The molecular weight excluding hydrogens is 395 g/mol. The Morgan fingerprint density at radius 2 is 1.97 bits per heavy atom. The molecule has 160 valence electrons. The van der Waals surface area contributed by atoms with Crippen LogP contribution in [0.2, 0.25) is 0 Å². The van der Waals surface area contributed by atoms with Crippen molar-refractivity contribution >= 4 is 5.91 Å². The number of carbonyl (C=O) groups is 1. The number of nitrogens with two attached hydrogens (primary N) is 1. The topological polar surface area (TPSA) is 67.6 Å². The molecule has 0 aromatic heterocycles. The summed E-state index contributed by atoms with van der Waals surface area (Å²) in [6.45, 7) is 3.68. The van der Waals surface area contributed by atoms with E-state index in [0.717, 1.165) is 18.7 Å². The number of alkyl halides is 3. The van der Waals surface area contributed by atoms with Gasteiger partial charge in [-0.15, -0.1) is 0 Å². The van der Waals surface area contributed by atoms with Gasteiger partial charge in [0.1, 0.15) is 0 Å². The Morgan fingerprint density at radius 1 is 1.20 bits per heavy atom. The highest BCUT2D eigenvalue weighted by Gasteiger charge is 2.48. The first kappa shape index (κ1) is 20.8.